The quantitative estimate of drug-likeness (QED) is 0.782. The summed E-state index contributed by atoms with van der Waals surface area (Å²) in [5.74, 6) is -0.944. The van der Waals surface area contributed by atoms with Crippen molar-refractivity contribution in [1.82, 2.24) is 15.1 Å². The maximum atomic E-state index is 12.5. The highest BCUT2D eigenvalue weighted by atomic mass is 16.5. The van der Waals surface area contributed by atoms with Gasteiger partial charge in [0.1, 0.15) is 0 Å². The van der Waals surface area contributed by atoms with E-state index in [2.05, 4.69) is 10.4 Å². The fraction of sp³-hybridized carbons (Fsp3) is 0.421. The van der Waals surface area contributed by atoms with Crippen LogP contribution in [0.25, 0.3) is 0 Å². The van der Waals surface area contributed by atoms with E-state index in [1.54, 1.807) is 25.6 Å². The monoisotopic (exact) mass is 343 g/mol. The van der Waals surface area contributed by atoms with Gasteiger partial charge in [-0.1, -0.05) is 30.3 Å². The van der Waals surface area contributed by atoms with Crippen LogP contribution in [0, 0.1) is 19.8 Å². The molecule has 6 nitrogen and oxygen atoms in total. The third kappa shape index (κ3) is 4.68. The second-order valence-electron chi connectivity index (χ2n) is 6.02. The van der Waals surface area contributed by atoms with Crippen molar-refractivity contribution in [2.75, 3.05) is 13.2 Å². The average Bonchev–Trinajstić information content (AvgIpc) is 2.84. The van der Waals surface area contributed by atoms with E-state index < -0.39 is 5.92 Å². The van der Waals surface area contributed by atoms with Gasteiger partial charge in [0.2, 0.25) is 0 Å². The standard InChI is InChI=1S/C19H25N3O3/c1-5-25-19(24)16(11-15-9-7-6-8-10-15)12-20-18(23)17-13(2)21-22(4)14(17)3/h6-10,16H,5,11-12H2,1-4H3,(H,20,23). The van der Waals surface area contributed by atoms with Crippen LogP contribution in [0.15, 0.2) is 30.3 Å². The number of aromatic nitrogens is 2. The number of nitrogens with one attached hydrogen (secondary N) is 1. The van der Waals surface area contributed by atoms with Crippen LogP contribution in [0.1, 0.15) is 34.2 Å². The fourth-order valence-electron chi connectivity index (χ4n) is 2.80. The zero-order chi connectivity index (χ0) is 18.4. The molecular weight excluding hydrogens is 318 g/mol. The van der Waals surface area contributed by atoms with E-state index in [4.69, 9.17) is 4.74 Å². The van der Waals surface area contributed by atoms with Crippen molar-refractivity contribution in [3.63, 3.8) is 0 Å². The summed E-state index contributed by atoms with van der Waals surface area (Å²) >= 11 is 0. The van der Waals surface area contributed by atoms with Crippen LogP contribution in [0.4, 0.5) is 0 Å². The molecular formula is C19H25N3O3. The van der Waals surface area contributed by atoms with Gasteiger partial charge in [0.05, 0.1) is 23.8 Å². The second kappa shape index (κ2) is 8.46. The summed E-state index contributed by atoms with van der Waals surface area (Å²) in [5.41, 5.74) is 3.06. The summed E-state index contributed by atoms with van der Waals surface area (Å²) in [5, 5.41) is 7.12. The van der Waals surface area contributed by atoms with E-state index in [1.165, 1.54) is 0 Å². The Morgan fingerprint density at radius 3 is 2.48 bits per heavy atom. The van der Waals surface area contributed by atoms with E-state index in [9.17, 15) is 9.59 Å². The Balaban J connectivity index is 2.08. The zero-order valence-electron chi connectivity index (χ0n) is 15.2. The highest BCUT2D eigenvalue weighted by Crippen LogP contribution is 2.13. The minimum Gasteiger partial charge on any atom is -0.466 e. The van der Waals surface area contributed by atoms with E-state index in [-0.39, 0.29) is 18.4 Å². The topological polar surface area (TPSA) is 73.2 Å². The number of carbonyl (C=O) groups excluding carboxylic acids is 2. The van der Waals surface area contributed by atoms with Crippen LogP contribution in [0.3, 0.4) is 0 Å². The molecule has 1 N–H and O–H groups in total. The number of esters is 1. The van der Waals surface area contributed by atoms with Crippen LogP contribution in [-0.4, -0.2) is 34.8 Å². The first kappa shape index (κ1) is 18.7. The van der Waals surface area contributed by atoms with Gasteiger partial charge in [0.15, 0.2) is 0 Å². The Morgan fingerprint density at radius 2 is 1.92 bits per heavy atom. The molecule has 0 saturated carbocycles. The summed E-state index contributed by atoms with van der Waals surface area (Å²) in [4.78, 5) is 24.8. The Labute approximate surface area is 148 Å². The molecule has 25 heavy (non-hydrogen) atoms. The average molecular weight is 343 g/mol. The summed E-state index contributed by atoms with van der Waals surface area (Å²) in [6.07, 6.45) is 0.519. The first-order chi connectivity index (χ1) is 11.9. The summed E-state index contributed by atoms with van der Waals surface area (Å²) in [6.45, 7) is 5.97. The first-order valence-corrected chi connectivity index (χ1v) is 8.43. The maximum absolute atomic E-state index is 12.5. The van der Waals surface area contributed by atoms with Crippen molar-refractivity contribution in [1.29, 1.82) is 0 Å². The highest BCUT2D eigenvalue weighted by Gasteiger charge is 2.23. The predicted molar refractivity (Wildman–Crippen MR) is 95.3 cm³/mol. The molecule has 2 aromatic rings. The van der Waals surface area contributed by atoms with Crippen LogP contribution in [0.2, 0.25) is 0 Å². The van der Waals surface area contributed by atoms with Crippen LogP contribution < -0.4 is 5.32 Å². The lowest BCUT2D eigenvalue weighted by molar-refractivity contribution is -0.147. The first-order valence-electron chi connectivity index (χ1n) is 8.43. The molecule has 1 heterocycles. The lowest BCUT2D eigenvalue weighted by Gasteiger charge is -2.16. The van der Waals surface area contributed by atoms with E-state index in [0.29, 0.717) is 24.3 Å². The van der Waals surface area contributed by atoms with Gasteiger partial charge in [-0.15, -0.1) is 0 Å². The van der Waals surface area contributed by atoms with Gasteiger partial charge in [-0.3, -0.25) is 14.3 Å². The molecule has 2 rings (SSSR count). The molecule has 0 aliphatic carbocycles. The van der Waals surface area contributed by atoms with Crippen LogP contribution >= 0.6 is 0 Å². The molecule has 1 aromatic carbocycles. The van der Waals surface area contributed by atoms with Crippen molar-refractivity contribution in [2.45, 2.75) is 27.2 Å². The molecule has 0 bridgehead atoms. The number of amides is 1. The number of rotatable bonds is 7. The molecule has 0 spiro atoms. The van der Waals surface area contributed by atoms with Crippen molar-refractivity contribution >= 4 is 11.9 Å². The molecule has 0 aliphatic rings. The lowest BCUT2D eigenvalue weighted by Crippen LogP contribution is -2.35. The molecule has 1 unspecified atom stereocenters. The summed E-state index contributed by atoms with van der Waals surface area (Å²) < 4.78 is 6.84. The molecule has 134 valence electrons. The number of hydrogen-bond donors (Lipinski definition) is 1. The van der Waals surface area contributed by atoms with Gasteiger partial charge in [-0.2, -0.15) is 5.10 Å². The van der Waals surface area contributed by atoms with Gasteiger partial charge in [0.25, 0.3) is 5.91 Å². The van der Waals surface area contributed by atoms with Gasteiger partial charge in [-0.05, 0) is 32.8 Å². The molecule has 0 aliphatic heterocycles. The van der Waals surface area contributed by atoms with Crippen molar-refractivity contribution < 1.29 is 14.3 Å². The lowest BCUT2D eigenvalue weighted by atomic mass is 9.99. The van der Waals surface area contributed by atoms with Crippen molar-refractivity contribution in [2.24, 2.45) is 13.0 Å². The molecule has 0 fully saturated rings. The summed E-state index contributed by atoms with van der Waals surface area (Å²) in [6, 6.07) is 9.71. The number of benzene rings is 1. The predicted octanol–water partition coefficient (Wildman–Crippen LogP) is 2.19. The normalized spacial score (nSPS) is 11.8. The van der Waals surface area contributed by atoms with E-state index >= 15 is 0 Å². The minimum atomic E-state index is -0.427. The Morgan fingerprint density at radius 1 is 1.24 bits per heavy atom. The largest absolute Gasteiger partial charge is 0.466 e. The molecule has 0 radical (unpaired) electrons. The van der Waals surface area contributed by atoms with Gasteiger partial charge in [0, 0.05) is 19.3 Å². The Hall–Kier alpha value is -2.63. The maximum Gasteiger partial charge on any atom is 0.311 e. The number of nitrogens with zero attached hydrogens (tertiary/aromatic N) is 2. The smallest absolute Gasteiger partial charge is 0.311 e. The number of hydrogen-bond acceptors (Lipinski definition) is 4. The second-order valence-corrected chi connectivity index (χ2v) is 6.02. The third-order valence-electron chi connectivity index (χ3n) is 4.19. The molecule has 1 amide bonds. The number of aryl methyl sites for hydroxylation is 2. The van der Waals surface area contributed by atoms with E-state index in [0.717, 1.165) is 11.3 Å². The molecule has 1 aromatic heterocycles. The summed E-state index contributed by atoms with van der Waals surface area (Å²) in [7, 11) is 1.80. The van der Waals surface area contributed by atoms with Crippen LogP contribution in [-0.2, 0) is 23.0 Å². The SMILES string of the molecule is CCOC(=O)C(CNC(=O)c1c(C)nn(C)c1C)Cc1ccccc1. The third-order valence-corrected chi connectivity index (χ3v) is 4.19. The molecule has 1 atom stereocenters. The van der Waals surface area contributed by atoms with Gasteiger partial charge < -0.3 is 10.1 Å². The molecule has 6 heteroatoms. The van der Waals surface area contributed by atoms with Crippen LogP contribution in [0.5, 0.6) is 0 Å². The number of ether oxygens (including phenoxy) is 1. The Bertz CT molecular complexity index is 738. The highest BCUT2D eigenvalue weighted by molar-refractivity contribution is 5.96. The van der Waals surface area contributed by atoms with E-state index in [1.807, 2.05) is 37.3 Å². The minimum absolute atomic E-state index is 0.217. The fourth-order valence-corrected chi connectivity index (χ4v) is 2.80. The van der Waals surface area contributed by atoms with Gasteiger partial charge in [-0.25, -0.2) is 0 Å². The zero-order valence-corrected chi connectivity index (χ0v) is 15.2. The van der Waals surface area contributed by atoms with Gasteiger partial charge >= 0.3 is 5.97 Å². The molecule has 0 saturated heterocycles. The number of carbonyl (C=O) groups is 2. The van der Waals surface area contributed by atoms with Crippen molar-refractivity contribution in [3.05, 3.63) is 52.8 Å². The van der Waals surface area contributed by atoms with Crippen molar-refractivity contribution in [3.8, 4) is 0 Å². The Kier molecular flexibility index (Phi) is 6.33.